The lowest BCUT2D eigenvalue weighted by Crippen LogP contribution is -2.14. The molecule has 0 bridgehead atoms. The standard InChI is InChI=1S/C26H26F3N/c1-2-3-16-4-6-17(7-5-16)21-13-24(28)26(25(29)14-21)19-9-8-18-10-22(15-30)23(27)12-20(18)11-19/h9-10,12-14,16-17H,2-8,11H2,1H3. The molecule has 0 atom stereocenters. The molecule has 0 amide bonds. The predicted molar refractivity (Wildman–Crippen MR) is 112 cm³/mol. The summed E-state index contributed by atoms with van der Waals surface area (Å²) in [6.07, 6.45) is 9.13. The van der Waals surface area contributed by atoms with Crippen molar-refractivity contribution >= 4 is 5.57 Å². The highest BCUT2D eigenvalue weighted by molar-refractivity contribution is 5.72. The molecule has 0 radical (unpaired) electrons. The average molecular weight is 409 g/mol. The number of hydrogen-bond acceptors (Lipinski definition) is 1. The van der Waals surface area contributed by atoms with Crippen LogP contribution in [0.25, 0.3) is 5.57 Å². The molecule has 0 saturated heterocycles. The Balaban J connectivity index is 1.56. The van der Waals surface area contributed by atoms with Crippen LogP contribution in [0.2, 0.25) is 0 Å². The number of fused-ring (bicyclic) bond motifs is 1. The van der Waals surface area contributed by atoms with Crippen LogP contribution in [-0.2, 0) is 12.8 Å². The maximum Gasteiger partial charge on any atom is 0.141 e. The summed E-state index contributed by atoms with van der Waals surface area (Å²) in [4.78, 5) is 0. The summed E-state index contributed by atoms with van der Waals surface area (Å²) in [6, 6.07) is 7.69. The molecule has 1 fully saturated rings. The molecular weight excluding hydrogens is 383 g/mol. The zero-order valence-corrected chi connectivity index (χ0v) is 17.3. The molecule has 2 aromatic carbocycles. The van der Waals surface area contributed by atoms with Gasteiger partial charge in [-0.2, -0.15) is 5.26 Å². The summed E-state index contributed by atoms with van der Waals surface area (Å²) in [5.41, 5.74) is 2.80. The van der Waals surface area contributed by atoms with E-state index in [-0.39, 0.29) is 23.5 Å². The van der Waals surface area contributed by atoms with Crippen LogP contribution < -0.4 is 0 Å². The fraction of sp³-hybridized carbons (Fsp3) is 0.423. The maximum atomic E-state index is 15.0. The van der Waals surface area contributed by atoms with Gasteiger partial charge in [-0.15, -0.1) is 0 Å². The van der Waals surface area contributed by atoms with Gasteiger partial charge in [0.1, 0.15) is 23.5 Å². The highest BCUT2D eigenvalue weighted by Gasteiger charge is 2.26. The third-order valence-electron chi connectivity index (χ3n) is 6.76. The monoisotopic (exact) mass is 409 g/mol. The van der Waals surface area contributed by atoms with Crippen LogP contribution in [0.5, 0.6) is 0 Å². The van der Waals surface area contributed by atoms with Gasteiger partial charge in [0.05, 0.1) is 5.56 Å². The van der Waals surface area contributed by atoms with E-state index >= 15 is 8.78 Å². The van der Waals surface area contributed by atoms with Gasteiger partial charge in [0.2, 0.25) is 0 Å². The molecule has 1 nitrogen and oxygen atoms in total. The van der Waals surface area contributed by atoms with Crippen LogP contribution in [0.1, 0.15) is 79.2 Å². The molecule has 0 aromatic heterocycles. The number of benzene rings is 2. The number of hydrogen-bond donors (Lipinski definition) is 0. The summed E-state index contributed by atoms with van der Waals surface area (Å²) in [7, 11) is 0. The number of nitrogens with zero attached hydrogens (tertiary/aromatic N) is 1. The first-order valence-corrected chi connectivity index (χ1v) is 10.9. The van der Waals surface area contributed by atoms with Gasteiger partial charge >= 0.3 is 0 Å². The van der Waals surface area contributed by atoms with Crippen molar-refractivity contribution in [3.05, 3.63) is 75.6 Å². The van der Waals surface area contributed by atoms with E-state index in [9.17, 15) is 4.39 Å². The lowest BCUT2D eigenvalue weighted by molar-refractivity contribution is 0.307. The minimum atomic E-state index is -0.590. The Morgan fingerprint density at radius 2 is 1.63 bits per heavy atom. The van der Waals surface area contributed by atoms with Gasteiger partial charge < -0.3 is 0 Å². The van der Waals surface area contributed by atoms with E-state index in [1.165, 1.54) is 37.1 Å². The van der Waals surface area contributed by atoms with E-state index in [1.807, 2.05) is 6.07 Å². The van der Waals surface area contributed by atoms with Gasteiger partial charge in [-0.3, -0.25) is 0 Å². The maximum absolute atomic E-state index is 15.0. The molecule has 0 unspecified atom stereocenters. The van der Waals surface area contributed by atoms with Crippen molar-refractivity contribution in [2.45, 2.75) is 64.2 Å². The van der Waals surface area contributed by atoms with Crippen LogP contribution >= 0.6 is 0 Å². The highest BCUT2D eigenvalue weighted by atomic mass is 19.1. The molecule has 2 aromatic rings. The third kappa shape index (κ3) is 4.03. The molecular formula is C26H26F3N. The van der Waals surface area contributed by atoms with E-state index < -0.39 is 17.5 Å². The molecule has 4 heteroatoms. The molecule has 156 valence electrons. The molecule has 1 saturated carbocycles. The largest absolute Gasteiger partial charge is 0.206 e. The minimum Gasteiger partial charge on any atom is -0.206 e. The van der Waals surface area contributed by atoms with Crippen LogP contribution in [0.3, 0.4) is 0 Å². The summed E-state index contributed by atoms with van der Waals surface area (Å²) in [6.45, 7) is 2.20. The first-order chi connectivity index (χ1) is 14.5. The lowest BCUT2D eigenvalue weighted by Gasteiger charge is -2.29. The fourth-order valence-electron chi connectivity index (χ4n) is 5.13. The molecule has 0 aliphatic heterocycles. The second kappa shape index (κ2) is 8.68. The van der Waals surface area contributed by atoms with E-state index in [0.717, 1.165) is 42.7 Å². The van der Waals surface area contributed by atoms with Crippen LogP contribution in [0.4, 0.5) is 13.2 Å². The molecule has 0 spiro atoms. The minimum absolute atomic E-state index is 0.000900. The Morgan fingerprint density at radius 1 is 0.933 bits per heavy atom. The molecule has 0 N–H and O–H groups in total. The molecule has 2 aliphatic carbocycles. The van der Waals surface area contributed by atoms with Crippen molar-refractivity contribution in [3.8, 4) is 6.07 Å². The van der Waals surface area contributed by atoms with Crippen molar-refractivity contribution in [2.75, 3.05) is 0 Å². The topological polar surface area (TPSA) is 23.8 Å². The first-order valence-electron chi connectivity index (χ1n) is 10.9. The normalized spacial score (nSPS) is 21.0. The van der Waals surface area contributed by atoms with E-state index in [0.29, 0.717) is 17.6 Å². The van der Waals surface area contributed by atoms with Gasteiger partial charge in [0, 0.05) is 5.56 Å². The SMILES string of the molecule is CCCC1CCC(c2cc(F)c(C3=CCc4cc(C#N)c(F)cc4C3)c(F)c2)CC1. The molecule has 2 aliphatic rings. The quantitative estimate of drug-likeness (QED) is 0.522. The van der Waals surface area contributed by atoms with E-state index in [4.69, 9.17) is 5.26 Å². The lowest BCUT2D eigenvalue weighted by atomic mass is 9.77. The van der Waals surface area contributed by atoms with Gasteiger partial charge in [0.15, 0.2) is 0 Å². The zero-order chi connectivity index (χ0) is 21.3. The van der Waals surface area contributed by atoms with Crippen molar-refractivity contribution in [1.82, 2.24) is 0 Å². The van der Waals surface area contributed by atoms with Crippen LogP contribution in [-0.4, -0.2) is 0 Å². The van der Waals surface area contributed by atoms with Crippen molar-refractivity contribution < 1.29 is 13.2 Å². The van der Waals surface area contributed by atoms with Crippen LogP contribution in [0.15, 0.2) is 30.3 Å². The second-order valence-electron chi connectivity index (χ2n) is 8.69. The molecule has 0 heterocycles. The van der Waals surface area contributed by atoms with Gasteiger partial charge in [-0.05, 0) is 96.9 Å². The smallest absolute Gasteiger partial charge is 0.141 e. The van der Waals surface area contributed by atoms with Gasteiger partial charge in [-0.1, -0.05) is 25.8 Å². The third-order valence-corrected chi connectivity index (χ3v) is 6.76. The van der Waals surface area contributed by atoms with Gasteiger partial charge in [0.25, 0.3) is 0 Å². The Bertz CT molecular complexity index is 1000. The van der Waals surface area contributed by atoms with Crippen LogP contribution in [0, 0.1) is 34.7 Å². The average Bonchev–Trinajstić information content (AvgIpc) is 2.73. The second-order valence-corrected chi connectivity index (χ2v) is 8.69. The number of allylic oxidation sites excluding steroid dienone is 2. The number of halogens is 3. The van der Waals surface area contributed by atoms with E-state index in [2.05, 4.69) is 6.92 Å². The zero-order valence-electron chi connectivity index (χ0n) is 17.3. The van der Waals surface area contributed by atoms with Crippen molar-refractivity contribution in [1.29, 1.82) is 5.26 Å². The van der Waals surface area contributed by atoms with Gasteiger partial charge in [-0.25, -0.2) is 13.2 Å². The number of rotatable bonds is 4. The summed E-state index contributed by atoms with van der Waals surface area (Å²) < 4.78 is 44.1. The summed E-state index contributed by atoms with van der Waals surface area (Å²) in [5, 5.41) is 8.99. The Kier molecular flexibility index (Phi) is 5.99. The Hall–Kier alpha value is -2.54. The number of nitriles is 1. The van der Waals surface area contributed by atoms with Crippen molar-refractivity contribution in [2.24, 2.45) is 5.92 Å². The summed E-state index contributed by atoms with van der Waals surface area (Å²) in [5.74, 6) is -0.702. The first kappa shape index (κ1) is 20.7. The Labute approximate surface area is 176 Å². The summed E-state index contributed by atoms with van der Waals surface area (Å²) >= 11 is 0. The predicted octanol–water partition coefficient (Wildman–Crippen LogP) is 7.23. The van der Waals surface area contributed by atoms with Crippen molar-refractivity contribution in [3.63, 3.8) is 0 Å². The fourth-order valence-corrected chi connectivity index (χ4v) is 5.13. The highest BCUT2D eigenvalue weighted by Crippen LogP contribution is 2.39. The Morgan fingerprint density at radius 3 is 2.27 bits per heavy atom. The molecule has 30 heavy (non-hydrogen) atoms. The van der Waals surface area contributed by atoms with E-state index in [1.54, 1.807) is 6.08 Å². The molecule has 4 rings (SSSR count).